The summed E-state index contributed by atoms with van der Waals surface area (Å²) in [6.45, 7) is 4.15. The van der Waals surface area contributed by atoms with E-state index in [4.69, 9.17) is 4.52 Å². The maximum atomic E-state index is 12.8. The highest BCUT2D eigenvalue weighted by Crippen LogP contribution is 2.38. The van der Waals surface area contributed by atoms with Crippen molar-refractivity contribution >= 4 is 27.3 Å². The fourth-order valence-electron chi connectivity index (χ4n) is 3.07. The van der Waals surface area contributed by atoms with Gasteiger partial charge in [0.05, 0.1) is 4.90 Å². The molecule has 1 aliphatic carbocycles. The number of sulfonamides is 1. The van der Waals surface area contributed by atoms with Crippen molar-refractivity contribution in [2.45, 2.75) is 50.1 Å². The zero-order valence-corrected chi connectivity index (χ0v) is 18.9. The van der Waals surface area contributed by atoms with Crippen LogP contribution in [-0.2, 0) is 16.6 Å². The predicted octanol–water partition coefficient (Wildman–Crippen LogP) is 3.61. The van der Waals surface area contributed by atoms with E-state index in [2.05, 4.69) is 20.2 Å². The highest BCUT2D eigenvalue weighted by atomic mass is 32.2. The molecular weight excluding hydrogens is 436 g/mol. The van der Waals surface area contributed by atoms with Gasteiger partial charge in [0.1, 0.15) is 6.04 Å². The van der Waals surface area contributed by atoms with Gasteiger partial charge in [-0.25, -0.2) is 13.1 Å². The second-order valence-corrected chi connectivity index (χ2v) is 10.7. The molecule has 0 spiro atoms. The van der Waals surface area contributed by atoms with Gasteiger partial charge in [-0.05, 0) is 54.5 Å². The van der Waals surface area contributed by atoms with Crippen LogP contribution >= 0.6 is 11.3 Å². The summed E-state index contributed by atoms with van der Waals surface area (Å²) in [5, 5.41) is 8.84. The summed E-state index contributed by atoms with van der Waals surface area (Å²) in [6, 6.07) is 9.15. The third-order valence-electron chi connectivity index (χ3n) is 5.06. The third-order valence-corrected chi connectivity index (χ3v) is 7.36. The van der Waals surface area contributed by atoms with Crippen molar-refractivity contribution in [3.8, 4) is 0 Å². The van der Waals surface area contributed by atoms with E-state index < -0.39 is 16.1 Å². The lowest BCUT2D eigenvalue weighted by Crippen LogP contribution is -2.32. The van der Waals surface area contributed by atoms with Crippen LogP contribution in [0.3, 0.4) is 0 Å². The van der Waals surface area contributed by atoms with Crippen LogP contribution in [0, 0.1) is 5.92 Å². The van der Waals surface area contributed by atoms with Gasteiger partial charge in [0.25, 0.3) is 5.91 Å². The van der Waals surface area contributed by atoms with Crippen LogP contribution in [0.2, 0.25) is 0 Å². The molecule has 2 N–H and O–H groups in total. The molecule has 1 aromatic carbocycles. The number of nitrogens with one attached hydrogen (secondary N) is 2. The van der Waals surface area contributed by atoms with Gasteiger partial charge in [-0.2, -0.15) is 4.98 Å². The third kappa shape index (κ3) is 5.20. The maximum Gasteiger partial charge on any atom is 0.251 e. The number of carbonyl (C=O) groups is 1. The first-order valence-electron chi connectivity index (χ1n) is 10.1. The fraction of sp³-hybridized carbons (Fsp3) is 0.381. The number of hydrogen-bond acceptors (Lipinski definition) is 7. The smallest absolute Gasteiger partial charge is 0.251 e. The normalized spacial score (nSPS) is 15.2. The summed E-state index contributed by atoms with van der Waals surface area (Å²) >= 11 is 1.48. The lowest BCUT2D eigenvalue weighted by molar-refractivity contribution is 0.0914. The quantitative estimate of drug-likeness (QED) is 0.504. The number of hydrogen-bond donors (Lipinski definition) is 2. The second-order valence-electron chi connectivity index (χ2n) is 7.89. The van der Waals surface area contributed by atoms with Crippen LogP contribution in [0.25, 0.3) is 0 Å². The number of nitrogens with zero attached hydrogens (tertiary/aromatic N) is 2. The first-order valence-corrected chi connectivity index (χ1v) is 12.5. The SMILES string of the molecule is CC(C)C(NC(=O)c1ccc(S(=O)(=O)NCc2cccs2)cc1)c1nc(C2CC2)no1. The van der Waals surface area contributed by atoms with Crippen LogP contribution in [0.1, 0.15) is 65.6 Å². The molecule has 8 nitrogen and oxygen atoms in total. The summed E-state index contributed by atoms with van der Waals surface area (Å²) in [5.74, 6) is 1.16. The molecule has 1 saturated carbocycles. The van der Waals surface area contributed by atoms with E-state index in [1.807, 2.05) is 31.4 Å². The Hall–Kier alpha value is -2.56. The molecule has 0 saturated heterocycles. The minimum Gasteiger partial charge on any atom is -0.340 e. The van der Waals surface area contributed by atoms with Gasteiger partial charge < -0.3 is 9.84 Å². The van der Waals surface area contributed by atoms with Crippen LogP contribution < -0.4 is 10.0 Å². The standard InChI is InChI=1S/C21H24N4O4S2/c1-13(2)18(21-24-19(25-29-21)14-5-6-14)23-20(26)15-7-9-17(10-8-15)31(27,28)22-12-16-4-3-11-30-16/h3-4,7-11,13-14,18,22H,5-6,12H2,1-2H3,(H,23,26). The molecule has 1 unspecified atom stereocenters. The molecule has 0 bridgehead atoms. The van der Waals surface area contributed by atoms with E-state index in [0.717, 1.165) is 17.7 Å². The monoisotopic (exact) mass is 460 g/mol. The Morgan fingerprint density at radius 1 is 1.23 bits per heavy atom. The number of aromatic nitrogens is 2. The summed E-state index contributed by atoms with van der Waals surface area (Å²) < 4.78 is 32.9. The molecule has 1 atom stereocenters. The Kier molecular flexibility index (Phi) is 6.22. The molecular formula is C21H24N4O4S2. The predicted molar refractivity (Wildman–Crippen MR) is 116 cm³/mol. The van der Waals surface area contributed by atoms with E-state index in [9.17, 15) is 13.2 Å². The van der Waals surface area contributed by atoms with Gasteiger partial charge in [-0.3, -0.25) is 4.79 Å². The number of benzene rings is 1. The number of rotatable bonds is 9. The number of amides is 1. The van der Waals surface area contributed by atoms with Crippen molar-refractivity contribution in [1.29, 1.82) is 0 Å². The molecule has 1 fully saturated rings. The summed E-state index contributed by atoms with van der Waals surface area (Å²) in [7, 11) is -3.67. The molecule has 3 aromatic rings. The van der Waals surface area contributed by atoms with Gasteiger partial charge in [-0.1, -0.05) is 25.1 Å². The van der Waals surface area contributed by atoms with E-state index in [0.29, 0.717) is 23.2 Å². The Labute approximate surface area is 185 Å². The van der Waals surface area contributed by atoms with Gasteiger partial charge in [0.2, 0.25) is 15.9 Å². The van der Waals surface area contributed by atoms with Crippen LogP contribution in [0.5, 0.6) is 0 Å². The Bertz CT molecular complexity index is 1130. The molecule has 164 valence electrons. The van der Waals surface area contributed by atoms with Crippen molar-refractivity contribution in [1.82, 2.24) is 20.2 Å². The minimum absolute atomic E-state index is 0.0394. The average Bonchev–Trinajstić information content (AvgIpc) is 3.25. The first-order chi connectivity index (χ1) is 14.8. The molecule has 10 heteroatoms. The van der Waals surface area contributed by atoms with Crippen molar-refractivity contribution in [2.75, 3.05) is 0 Å². The van der Waals surface area contributed by atoms with Gasteiger partial charge in [0, 0.05) is 22.9 Å². The molecule has 31 heavy (non-hydrogen) atoms. The van der Waals surface area contributed by atoms with Gasteiger partial charge >= 0.3 is 0 Å². The largest absolute Gasteiger partial charge is 0.340 e. The van der Waals surface area contributed by atoms with E-state index in [1.54, 1.807) is 0 Å². The molecule has 1 amide bonds. The number of thiophene rings is 1. The maximum absolute atomic E-state index is 12.8. The topological polar surface area (TPSA) is 114 Å². The Morgan fingerprint density at radius 3 is 2.58 bits per heavy atom. The molecule has 2 heterocycles. The summed E-state index contributed by atoms with van der Waals surface area (Å²) in [4.78, 5) is 18.2. The van der Waals surface area contributed by atoms with Gasteiger partial charge in [-0.15, -0.1) is 11.3 Å². The van der Waals surface area contributed by atoms with Crippen LogP contribution in [-0.4, -0.2) is 24.5 Å². The van der Waals surface area contributed by atoms with E-state index >= 15 is 0 Å². The fourth-order valence-corrected chi connectivity index (χ4v) is 4.81. The lowest BCUT2D eigenvalue weighted by atomic mass is 10.0. The van der Waals surface area contributed by atoms with Crippen molar-refractivity contribution < 1.29 is 17.7 Å². The highest BCUT2D eigenvalue weighted by molar-refractivity contribution is 7.89. The molecule has 1 aliphatic rings. The van der Waals surface area contributed by atoms with Gasteiger partial charge in [0.15, 0.2) is 5.82 Å². The van der Waals surface area contributed by atoms with Crippen molar-refractivity contribution in [2.24, 2.45) is 5.92 Å². The summed E-state index contributed by atoms with van der Waals surface area (Å²) in [6.07, 6.45) is 2.13. The highest BCUT2D eigenvalue weighted by Gasteiger charge is 2.31. The lowest BCUT2D eigenvalue weighted by Gasteiger charge is -2.18. The Morgan fingerprint density at radius 2 is 1.97 bits per heavy atom. The zero-order chi connectivity index (χ0) is 22.0. The van der Waals surface area contributed by atoms with Crippen LogP contribution in [0.4, 0.5) is 0 Å². The molecule has 2 aromatic heterocycles. The molecule has 0 aliphatic heterocycles. The van der Waals surface area contributed by atoms with Crippen molar-refractivity contribution in [3.63, 3.8) is 0 Å². The average molecular weight is 461 g/mol. The minimum atomic E-state index is -3.67. The molecule has 0 radical (unpaired) electrons. The summed E-state index contributed by atoms with van der Waals surface area (Å²) in [5.41, 5.74) is 0.352. The van der Waals surface area contributed by atoms with E-state index in [1.165, 1.54) is 35.6 Å². The Balaban J connectivity index is 1.42. The zero-order valence-electron chi connectivity index (χ0n) is 17.2. The van der Waals surface area contributed by atoms with E-state index in [-0.39, 0.29) is 23.3 Å². The second kappa shape index (κ2) is 8.89. The van der Waals surface area contributed by atoms with Crippen molar-refractivity contribution in [3.05, 3.63) is 63.9 Å². The van der Waals surface area contributed by atoms with Crippen LogP contribution in [0.15, 0.2) is 51.2 Å². The number of carbonyl (C=O) groups excluding carboxylic acids is 1. The first kappa shape index (κ1) is 21.7. The molecule has 4 rings (SSSR count).